The summed E-state index contributed by atoms with van der Waals surface area (Å²) in [4.78, 5) is 0. The molecule has 0 aromatic rings. The Hall–Kier alpha value is -0.250. The predicted octanol–water partition coefficient (Wildman–Crippen LogP) is 3.74. The molecule has 4 heteroatoms. The van der Waals surface area contributed by atoms with Gasteiger partial charge < -0.3 is 5.32 Å². The van der Waals surface area contributed by atoms with Crippen molar-refractivity contribution in [3.05, 3.63) is 0 Å². The molecule has 16 heavy (non-hydrogen) atoms. The summed E-state index contributed by atoms with van der Waals surface area (Å²) in [6.45, 7) is 2.09. The molecule has 0 aromatic carbocycles. The fraction of sp³-hybridized carbons (Fsp3) is 1.00. The van der Waals surface area contributed by atoms with Gasteiger partial charge >= 0.3 is 6.18 Å². The van der Waals surface area contributed by atoms with Crippen LogP contribution in [0.25, 0.3) is 0 Å². The van der Waals surface area contributed by atoms with E-state index < -0.39 is 18.6 Å². The Morgan fingerprint density at radius 3 is 2.38 bits per heavy atom. The van der Waals surface area contributed by atoms with Crippen molar-refractivity contribution < 1.29 is 13.2 Å². The van der Waals surface area contributed by atoms with Crippen LogP contribution in [-0.2, 0) is 0 Å². The highest BCUT2D eigenvalue weighted by molar-refractivity contribution is 4.85. The van der Waals surface area contributed by atoms with Crippen molar-refractivity contribution in [1.82, 2.24) is 5.32 Å². The average Bonchev–Trinajstić information content (AvgIpc) is 2.24. The van der Waals surface area contributed by atoms with Gasteiger partial charge in [0.25, 0.3) is 0 Å². The summed E-state index contributed by atoms with van der Waals surface area (Å²) in [7, 11) is 1.65. The molecule has 1 nitrogen and oxygen atoms in total. The number of hydrogen-bond donors (Lipinski definition) is 1. The molecule has 0 aliphatic heterocycles. The first-order valence-corrected chi connectivity index (χ1v) is 6.22. The topological polar surface area (TPSA) is 12.0 Å². The van der Waals surface area contributed by atoms with Gasteiger partial charge in [0.2, 0.25) is 0 Å². The van der Waals surface area contributed by atoms with Crippen LogP contribution in [0.4, 0.5) is 13.2 Å². The maximum absolute atomic E-state index is 12.4. The quantitative estimate of drug-likeness (QED) is 0.785. The lowest BCUT2D eigenvalue weighted by molar-refractivity contribution is -0.144. The van der Waals surface area contributed by atoms with Gasteiger partial charge in [-0.15, -0.1) is 0 Å². The van der Waals surface area contributed by atoms with Gasteiger partial charge in [0.1, 0.15) is 0 Å². The van der Waals surface area contributed by atoms with E-state index in [1.165, 1.54) is 6.42 Å². The highest BCUT2D eigenvalue weighted by Gasteiger charge is 2.38. The van der Waals surface area contributed by atoms with Gasteiger partial charge in [0, 0.05) is 6.04 Å². The largest absolute Gasteiger partial charge is 0.390 e. The van der Waals surface area contributed by atoms with Crippen molar-refractivity contribution in [3.63, 3.8) is 0 Å². The second kappa shape index (κ2) is 5.89. The lowest BCUT2D eigenvalue weighted by atomic mass is 9.73. The average molecular weight is 237 g/mol. The van der Waals surface area contributed by atoms with Crippen LogP contribution >= 0.6 is 0 Å². The van der Waals surface area contributed by atoms with E-state index in [-0.39, 0.29) is 5.92 Å². The zero-order chi connectivity index (χ0) is 12.2. The van der Waals surface area contributed by atoms with Crippen LogP contribution in [0.1, 0.15) is 45.4 Å². The van der Waals surface area contributed by atoms with E-state index in [0.717, 1.165) is 25.7 Å². The molecule has 3 unspecified atom stereocenters. The van der Waals surface area contributed by atoms with Crippen molar-refractivity contribution in [3.8, 4) is 0 Å². The zero-order valence-electron chi connectivity index (χ0n) is 10.1. The first kappa shape index (κ1) is 13.8. The van der Waals surface area contributed by atoms with Crippen LogP contribution in [0.15, 0.2) is 0 Å². The standard InChI is InChI=1S/C12H22F3N/c1-3-9-6-4-5-7-10(9)11(16-2)8-12(13,14)15/h9-11,16H,3-8H2,1-2H3. The van der Waals surface area contributed by atoms with Crippen molar-refractivity contribution in [2.24, 2.45) is 11.8 Å². The molecule has 0 bridgehead atoms. The SMILES string of the molecule is CCC1CCCCC1C(CC(F)(F)F)NC. The molecule has 0 aromatic heterocycles. The van der Waals surface area contributed by atoms with E-state index >= 15 is 0 Å². The van der Waals surface area contributed by atoms with Crippen LogP contribution in [0.5, 0.6) is 0 Å². The van der Waals surface area contributed by atoms with Gasteiger partial charge in [0.05, 0.1) is 6.42 Å². The molecule has 1 aliphatic carbocycles. The predicted molar refractivity (Wildman–Crippen MR) is 59.3 cm³/mol. The molecular formula is C12H22F3N. The van der Waals surface area contributed by atoms with Gasteiger partial charge in [-0.2, -0.15) is 13.2 Å². The molecule has 1 fully saturated rings. The highest BCUT2D eigenvalue weighted by Crippen LogP contribution is 2.37. The second-order valence-electron chi connectivity index (χ2n) is 4.83. The molecule has 0 spiro atoms. The minimum Gasteiger partial charge on any atom is -0.316 e. The van der Waals surface area contributed by atoms with E-state index in [4.69, 9.17) is 0 Å². The molecule has 3 atom stereocenters. The van der Waals surface area contributed by atoms with Crippen LogP contribution < -0.4 is 5.32 Å². The van der Waals surface area contributed by atoms with Crippen LogP contribution in [-0.4, -0.2) is 19.3 Å². The lowest BCUT2D eigenvalue weighted by Crippen LogP contribution is -2.42. The summed E-state index contributed by atoms with van der Waals surface area (Å²) < 4.78 is 37.3. The number of alkyl halides is 3. The number of halogens is 3. The molecule has 1 saturated carbocycles. The Kier molecular flexibility index (Phi) is 5.09. The molecular weight excluding hydrogens is 215 g/mol. The van der Waals surface area contributed by atoms with Crippen molar-refractivity contribution in [1.29, 1.82) is 0 Å². The Morgan fingerprint density at radius 1 is 1.25 bits per heavy atom. The van der Waals surface area contributed by atoms with Gasteiger partial charge in [-0.05, 0) is 25.3 Å². The van der Waals surface area contributed by atoms with Crippen LogP contribution in [0.2, 0.25) is 0 Å². The van der Waals surface area contributed by atoms with Gasteiger partial charge in [-0.25, -0.2) is 0 Å². The maximum atomic E-state index is 12.4. The lowest BCUT2D eigenvalue weighted by Gasteiger charge is -2.37. The minimum atomic E-state index is -4.05. The van der Waals surface area contributed by atoms with Crippen molar-refractivity contribution in [2.75, 3.05) is 7.05 Å². The van der Waals surface area contributed by atoms with E-state index in [1.54, 1.807) is 7.05 Å². The first-order chi connectivity index (χ1) is 7.48. The van der Waals surface area contributed by atoms with Gasteiger partial charge in [0.15, 0.2) is 0 Å². The third kappa shape index (κ3) is 3.96. The third-order valence-corrected chi connectivity index (χ3v) is 3.83. The third-order valence-electron chi connectivity index (χ3n) is 3.83. The van der Waals surface area contributed by atoms with Crippen molar-refractivity contribution in [2.45, 2.75) is 57.7 Å². The van der Waals surface area contributed by atoms with Gasteiger partial charge in [-0.1, -0.05) is 32.6 Å². The van der Waals surface area contributed by atoms with Gasteiger partial charge in [-0.3, -0.25) is 0 Å². The summed E-state index contributed by atoms with van der Waals surface area (Å²) >= 11 is 0. The van der Waals surface area contributed by atoms with Crippen LogP contribution in [0.3, 0.4) is 0 Å². The van der Waals surface area contributed by atoms with E-state index in [1.807, 2.05) is 0 Å². The fourth-order valence-electron chi connectivity index (χ4n) is 2.99. The van der Waals surface area contributed by atoms with E-state index in [0.29, 0.717) is 5.92 Å². The number of rotatable bonds is 4. The summed E-state index contributed by atoms with van der Waals surface area (Å²) in [5.41, 5.74) is 0. The number of hydrogen-bond acceptors (Lipinski definition) is 1. The maximum Gasteiger partial charge on any atom is 0.390 e. The summed E-state index contributed by atoms with van der Waals surface area (Å²) in [5, 5.41) is 2.87. The molecule has 0 saturated heterocycles. The molecule has 1 aliphatic rings. The highest BCUT2D eigenvalue weighted by atomic mass is 19.4. The summed E-state index contributed by atoms with van der Waals surface area (Å²) in [5.74, 6) is 0.666. The Bertz CT molecular complexity index is 203. The van der Waals surface area contributed by atoms with E-state index in [9.17, 15) is 13.2 Å². The molecule has 0 heterocycles. The molecule has 0 radical (unpaired) electrons. The van der Waals surface area contributed by atoms with E-state index in [2.05, 4.69) is 12.2 Å². The first-order valence-electron chi connectivity index (χ1n) is 6.22. The normalized spacial score (nSPS) is 29.1. The minimum absolute atomic E-state index is 0.199. The zero-order valence-corrected chi connectivity index (χ0v) is 10.1. The molecule has 1 rings (SSSR count). The molecule has 1 N–H and O–H groups in total. The summed E-state index contributed by atoms with van der Waals surface area (Å²) in [6, 6.07) is -0.398. The Morgan fingerprint density at radius 2 is 1.88 bits per heavy atom. The monoisotopic (exact) mass is 237 g/mol. The van der Waals surface area contributed by atoms with Crippen molar-refractivity contribution >= 4 is 0 Å². The Labute approximate surface area is 95.8 Å². The Balaban J connectivity index is 2.62. The summed E-state index contributed by atoms with van der Waals surface area (Å²) in [6.07, 6.45) is 0.556. The smallest absolute Gasteiger partial charge is 0.316 e. The fourth-order valence-corrected chi connectivity index (χ4v) is 2.99. The molecule has 0 amide bonds. The van der Waals surface area contributed by atoms with Crippen LogP contribution in [0, 0.1) is 11.8 Å². The molecule has 96 valence electrons. The number of nitrogens with one attached hydrogen (secondary N) is 1. The second-order valence-corrected chi connectivity index (χ2v) is 4.83.